The molecule has 2 aliphatic heterocycles. The third-order valence-electron chi connectivity index (χ3n) is 4.97. The zero-order chi connectivity index (χ0) is 17.5. The summed E-state index contributed by atoms with van der Waals surface area (Å²) in [7, 11) is 0. The molecular weight excluding hydrogens is 309 g/mol. The lowest BCUT2D eigenvalue weighted by Crippen LogP contribution is -2.59. The van der Waals surface area contributed by atoms with E-state index in [0.717, 1.165) is 19.3 Å². The van der Waals surface area contributed by atoms with Crippen LogP contribution in [0.2, 0.25) is 0 Å². The van der Waals surface area contributed by atoms with E-state index in [1.54, 1.807) is 12.1 Å². The standard InChI is InChI=1S/C19H26FNO3/c1-18(2,3)24-17(22)21-15-8-5-9-16(21)12-19(23,11-15)13-6-4-7-14(20)10-13/h4,6-7,10,15-16,23H,5,8-9,11-12H2,1-3H3. The Morgan fingerprint density at radius 1 is 1.29 bits per heavy atom. The highest BCUT2D eigenvalue weighted by molar-refractivity contribution is 5.69. The van der Waals surface area contributed by atoms with Gasteiger partial charge < -0.3 is 14.7 Å². The molecule has 2 unspecified atom stereocenters. The third kappa shape index (κ3) is 3.41. The number of nitrogens with zero attached hydrogens (tertiary/aromatic N) is 1. The molecule has 1 amide bonds. The third-order valence-corrected chi connectivity index (χ3v) is 4.97. The molecule has 0 aliphatic carbocycles. The predicted octanol–water partition coefficient (Wildman–Crippen LogP) is 3.97. The van der Waals surface area contributed by atoms with Crippen LogP contribution in [0, 0.1) is 5.82 Å². The molecule has 0 saturated carbocycles. The van der Waals surface area contributed by atoms with Gasteiger partial charge in [-0.1, -0.05) is 12.1 Å². The molecule has 4 nitrogen and oxygen atoms in total. The lowest BCUT2D eigenvalue weighted by Gasteiger charge is -2.51. The van der Waals surface area contributed by atoms with Gasteiger partial charge in [0, 0.05) is 24.9 Å². The Morgan fingerprint density at radius 2 is 1.92 bits per heavy atom. The molecule has 2 fully saturated rings. The van der Waals surface area contributed by atoms with Crippen LogP contribution < -0.4 is 0 Å². The molecule has 0 spiro atoms. The van der Waals surface area contributed by atoms with Gasteiger partial charge in [-0.15, -0.1) is 0 Å². The maximum Gasteiger partial charge on any atom is 0.410 e. The topological polar surface area (TPSA) is 49.8 Å². The first kappa shape index (κ1) is 17.2. The number of carbonyl (C=O) groups excluding carboxylic acids is 1. The van der Waals surface area contributed by atoms with Gasteiger partial charge in [-0.3, -0.25) is 0 Å². The van der Waals surface area contributed by atoms with Gasteiger partial charge in [0.15, 0.2) is 0 Å². The van der Waals surface area contributed by atoms with E-state index >= 15 is 0 Å². The van der Waals surface area contributed by atoms with Crippen molar-refractivity contribution in [2.24, 2.45) is 0 Å². The first-order valence-electron chi connectivity index (χ1n) is 8.68. The second-order valence-electron chi connectivity index (χ2n) is 8.08. The van der Waals surface area contributed by atoms with Gasteiger partial charge in [-0.05, 0) is 57.7 Å². The van der Waals surface area contributed by atoms with Gasteiger partial charge >= 0.3 is 6.09 Å². The second-order valence-corrected chi connectivity index (χ2v) is 8.08. The molecule has 132 valence electrons. The SMILES string of the molecule is CC(C)(C)OC(=O)N1C2CCCC1CC(O)(c1cccc(F)c1)C2. The van der Waals surface area contributed by atoms with E-state index in [4.69, 9.17) is 4.74 Å². The summed E-state index contributed by atoms with van der Waals surface area (Å²) in [5.41, 5.74) is -1.03. The van der Waals surface area contributed by atoms with E-state index in [0.29, 0.717) is 18.4 Å². The number of hydrogen-bond donors (Lipinski definition) is 1. The van der Waals surface area contributed by atoms with E-state index in [1.807, 2.05) is 25.7 Å². The predicted molar refractivity (Wildman–Crippen MR) is 89.0 cm³/mol. The van der Waals surface area contributed by atoms with Gasteiger partial charge in [0.25, 0.3) is 0 Å². The van der Waals surface area contributed by atoms with Crippen LogP contribution >= 0.6 is 0 Å². The van der Waals surface area contributed by atoms with E-state index < -0.39 is 11.2 Å². The molecule has 0 aromatic heterocycles. The van der Waals surface area contributed by atoms with Gasteiger partial charge in [0.05, 0.1) is 5.60 Å². The average molecular weight is 335 g/mol. The molecule has 1 aromatic carbocycles. The van der Waals surface area contributed by atoms with Crippen LogP contribution in [0.25, 0.3) is 0 Å². The number of fused-ring (bicyclic) bond motifs is 2. The smallest absolute Gasteiger partial charge is 0.410 e. The lowest BCUT2D eigenvalue weighted by molar-refractivity contribution is -0.0966. The van der Waals surface area contributed by atoms with Gasteiger partial charge in [0.1, 0.15) is 11.4 Å². The summed E-state index contributed by atoms with van der Waals surface area (Å²) < 4.78 is 19.1. The molecule has 2 saturated heterocycles. The summed E-state index contributed by atoms with van der Waals surface area (Å²) in [6, 6.07) is 6.03. The summed E-state index contributed by atoms with van der Waals surface area (Å²) in [6.07, 6.45) is 3.26. The van der Waals surface area contributed by atoms with E-state index in [-0.39, 0.29) is 24.0 Å². The molecule has 24 heavy (non-hydrogen) atoms. The fraction of sp³-hybridized carbons (Fsp3) is 0.632. The number of benzene rings is 1. The highest BCUT2D eigenvalue weighted by Crippen LogP contribution is 2.44. The summed E-state index contributed by atoms with van der Waals surface area (Å²) >= 11 is 0. The monoisotopic (exact) mass is 335 g/mol. The molecule has 1 N–H and O–H groups in total. The van der Waals surface area contributed by atoms with Gasteiger partial charge in [0.2, 0.25) is 0 Å². The first-order valence-corrected chi connectivity index (χ1v) is 8.68. The number of carbonyl (C=O) groups is 1. The van der Waals surface area contributed by atoms with Crippen molar-refractivity contribution in [1.29, 1.82) is 0 Å². The normalized spacial score (nSPS) is 30.1. The molecule has 0 radical (unpaired) electrons. The summed E-state index contributed by atoms with van der Waals surface area (Å²) in [4.78, 5) is 14.4. The fourth-order valence-electron chi connectivity index (χ4n) is 4.06. The van der Waals surface area contributed by atoms with Gasteiger partial charge in [-0.25, -0.2) is 9.18 Å². The minimum atomic E-state index is -1.09. The maximum absolute atomic E-state index is 13.6. The van der Waals surface area contributed by atoms with Crippen molar-refractivity contribution in [1.82, 2.24) is 4.90 Å². The Balaban J connectivity index is 1.84. The Labute approximate surface area is 142 Å². The number of ether oxygens (including phenoxy) is 1. The maximum atomic E-state index is 13.6. The summed E-state index contributed by atoms with van der Waals surface area (Å²) in [5.74, 6) is -0.347. The molecule has 2 atom stereocenters. The largest absolute Gasteiger partial charge is 0.444 e. The summed E-state index contributed by atoms with van der Waals surface area (Å²) in [5, 5.41) is 11.2. The zero-order valence-electron chi connectivity index (χ0n) is 14.6. The minimum absolute atomic E-state index is 0.0689. The van der Waals surface area contributed by atoms with E-state index in [1.165, 1.54) is 12.1 Å². The van der Waals surface area contributed by atoms with Crippen molar-refractivity contribution >= 4 is 6.09 Å². The quantitative estimate of drug-likeness (QED) is 0.845. The second kappa shape index (κ2) is 6.03. The van der Waals surface area contributed by atoms with Gasteiger partial charge in [-0.2, -0.15) is 0 Å². The van der Waals surface area contributed by atoms with Crippen LogP contribution in [0.4, 0.5) is 9.18 Å². The van der Waals surface area contributed by atoms with Crippen molar-refractivity contribution in [2.45, 2.75) is 76.2 Å². The Kier molecular flexibility index (Phi) is 4.32. The van der Waals surface area contributed by atoms with Crippen LogP contribution in [0.3, 0.4) is 0 Å². The Hall–Kier alpha value is -1.62. The number of piperidine rings is 2. The molecule has 2 heterocycles. The summed E-state index contributed by atoms with van der Waals surface area (Å²) in [6.45, 7) is 5.56. The number of halogens is 1. The number of aliphatic hydroxyl groups is 1. The zero-order valence-corrected chi connectivity index (χ0v) is 14.6. The van der Waals surface area contributed by atoms with Crippen molar-refractivity contribution in [3.8, 4) is 0 Å². The number of hydrogen-bond acceptors (Lipinski definition) is 3. The van der Waals surface area contributed by atoms with E-state index in [9.17, 15) is 14.3 Å². The molecule has 5 heteroatoms. The van der Waals surface area contributed by atoms with Crippen LogP contribution in [0.15, 0.2) is 24.3 Å². The van der Waals surface area contributed by atoms with Crippen molar-refractivity contribution in [2.75, 3.05) is 0 Å². The highest BCUT2D eigenvalue weighted by Gasteiger charge is 2.49. The number of amides is 1. The Morgan fingerprint density at radius 3 is 2.46 bits per heavy atom. The van der Waals surface area contributed by atoms with E-state index in [2.05, 4.69) is 0 Å². The van der Waals surface area contributed by atoms with Crippen molar-refractivity contribution in [3.63, 3.8) is 0 Å². The van der Waals surface area contributed by atoms with Crippen LogP contribution in [-0.2, 0) is 10.3 Å². The van der Waals surface area contributed by atoms with Crippen LogP contribution in [-0.4, -0.2) is 33.8 Å². The molecular formula is C19H26FNO3. The molecule has 2 bridgehead atoms. The molecule has 3 rings (SSSR count). The molecule has 1 aromatic rings. The first-order chi connectivity index (χ1) is 11.2. The van der Waals surface area contributed by atoms with Crippen molar-refractivity contribution in [3.05, 3.63) is 35.6 Å². The highest BCUT2D eigenvalue weighted by atomic mass is 19.1. The fourth-order valence-corrected chi connectivity index (χ4v) is 4.06. The Bertz CT molecular complexity index is 611. The minimum Gasteiger partial charge on any atom is -0.444 e. The lowest BCUT2D eigenvalue weighted by atomic mass is 9.72. The van der Waals surface area contributed by atoms with Crippen LogP contribution in [0.5, 0.6) is 0 Å². The van der Waals surface area contributed by atoms with Crippen molar-refractivity contribution < 1.29 is 19.0 Å². The number of rotatable bonds is 1. The average Bonchev–Trinajstić information content (AvgIpc) is 2.44. The van der Waals surface area contributed by atoms with Crippen LogP contribution in [0.1, 0.15) is 58.4 Å². The molecule has 2 aliphatic rings.